The van der Waals surface area contributed by atoms with Gasteiger partial charge in [0.05, 0.1) is 21.5 Å². The van der Waals surface area contributed by atoms with Crippen molar-refractivity contribution in [3.63, 3.8) is 0 Å². The Labute approximate surface area is 174 Å². The molecule has 0 atom stereocenters. The molecule has 1 saturated heterocycles. The molecule has 0 saturated carbocycles. The van der Waals surface area contributed by atoms with E-state index in [4.69, 9.17) is 11.6 Å². The SMILES string of the molecule is O=C(/C=C/CN1CC(O)C1)Nc1cc2c(Nc3ccc(F)c(Cl)c3)ncnc2s1. The third-order valence-corrected chi connectivity index (χ3v) is 5.58. The first-order valence-electron chi connectivity index (χ1n) is 8.82. The van der Waals surface area contributed by atoms with Crippen LogP contribution in [0.25, 0.3) is 10.2 Å². The van der Waals surface area contributed by atoms with Crippen molar-refractivity contribution >= 4 is 55.6 Å². The van der Waals surface area contributed by atoms with Crippen LogP contribution in [0.5, 0.6) is 0 Å². The van der Waals surface area contributed by atoms with Gasteiger partial charge in [-0.2, -0.15) is 0 Å². The van der Waals surface area contributed by atoms with Gasteiger partial charge in [0, 0.05) is 31.4 Å². The van der Waals surface area contributed by atoms with Gasteiger partial charge in [-0.25, -0.2) is 14.4 Å². The number of amides is 1. The average molecular weight is 434 g/mol. The summed E-state index contributed by atoms with van der Waals surface area (Å²) >= 11 is 7.15. The molecule has 0 unspecified atom stereocenters. The lowest BCUT2D eigenvalue weighted by Gasteiger charge is -2.34. The smallest absolute Gasteiger partial charge is 0.248 e. The topological polar surface area (TPSA) is 90.4 Å². The molecular weight excluding hydrogens is 417 g/mol. The predicted molar refractivity (Wildman–Crippen MR) is 112 cm³/mol. The maximum Gasteiger partial charge on any atom is 0.248 e. The molecule has 7 nitrogen and oxygen atoms in total. The molecule has 150 valence electrons. The van der Waals surface area contributed by atoms with Gasteiger partial charge in [0.25, 0.3) is 0 Å². The second-order valence-corrected chi connectivity index (χ2v) is 8.01. The summed E-state index contributed by atoms with van der Waals surface area (Å²) in [6, 6.07) is 6.09. The molecule has 10 heteroatoms. The van der Waals surface area contributed by atoms with Crippen LogP contribution in [0.1, 0.15) is 0 Å². The lowest BCUT2D eigenvalue weighted by molar-refractivity contribution is -0.111. The molecule has 4 rings (SSSR count). The second kappa shape index (κ2) is 8.42. The number of halogens is 2. The van der Waals surface area contributed by atoms with E-state index in [1.165, 1.54) is 35.9 Å². The van der Waals surface area contributed by atoms with Gasteiger partial charge < -0.3 is 15.7 Å². The van der Waals surface area contributed by atoms with Gasteiger partial charge >= 0.3 is 0 Å². The number of aliphatic hydroxyl groups is 1. The number of carbonyl (C=O) groups excluding carboxylic acids is 1. The summed E-state index contributed by atoms with van der Waals surface area (Å²) in [6.45, 7) is 1.89. The van der Waals surface area contributed by atoms with Crippen molar-refractivity contribution in [2.45, 2.75) is 6.10 Å². The van der Waals surface area contributed by atoms with Crippen molar-refractivity contribution in [1.29, 1.82) is 0 Å². The third-order valence-electron chi connectivity index (χ3n) is 4.33. The van der Waals surface area contributed by atoms with Gasteiger partial charge in [-0.3, -0.25) is 9.69 Å². The van der Waals surface area contributed by atoms with E-state index in [1.807, 2.05) is 4.90 Å². The number of thiophene rings is 1. The van der Waals surface area contributed by atoms with Crippen molar-refractivity contribution in [1.82, 2.24) is 14.9 Å². The highest BCUT2D eigenvalue weighted by Crippen LogP contribution is 2.33. The average Bonchev–Trinajstić information content (AvgIpc) is 3.06. The summed E-state index contributed by atoms with van der Waals surface area (Å²) in [6.07, 6.45) is 4.39. The van der Waals surface area contributed by atoms with Gasteiger partial charge in [-0.1, -0.05) is 29.0 Å². The molecule has 1 aromatic carbocycles. The van der Waals surface area contributed by atoms with E-state index in [9.17, 15) is 14.3 Å². The number of β-amino-alcohol motifs (C(OH)–C–C–N with tert-alkyl or cyclic N) is 1. The van der Waals surface area contributed by atoms with E-state index in [2.05, 4.69) is 20.6 Å². The van der Waals surface area contributed by atoms with Crippen molar-refractivity contribution in [2.75, 3.05) is 30.3 Å². The molecule has 29 heavy (non-hydrogen) atoms. The fourth-order valence-corrected chi connectivity index (χ4v) is 3.97. The first-order valence-corrected chi connectivity index (χ1v) is 10.0. The zero-order valence-corrected chi connectivity index (χ0v) is 16.7. The maximum absolute atomic E-state index is 13.3. The van der Waals surface area contributed by atoms with Gasteiger partial charge in [-0.05, 0) is 24.3 Å². The predicted octanol–water partition coefficient (Wildman–Crippen LogP) is 3.40. The molecule has 2 aromatic heterocycles. The van der Waals surface area contributed by atoms with Crippen LogP contribution in [0.2, 0.25) is 5.02 Å². The van der Waals surface area contributed by atoms with Crippen molar-refractivity contribution in [2.24, 2.45) is 0 Å². The van der Waals surface area contributed by atoms with Gasteiger partial charge in [0.15, 0.2) is 0 Å². The molecule has 1 aliphatic rings. The summed E-state index contributed by atoms with van der Waals surface area (Å²) in [4.78, 5) is 23.3. The van der Waals surface area contributed by atoms with E-state index in [1.54, 1.807) is 18.2 Å². The minimum atomic E-state index is -0.496. The summed E-state index contributed by atoms with van der Waals surface area (Å²) < 4.78 is 13.3. The van der Waals surface area contributed by atoms with Crippen LogP contribution < -0.4 is 10.6 Å². The molecular formula is C19H17ClFN5O2S. The highest BCUT2D eigenvalue weighted by atomic mass is 35.5. The standard InChI is InChI=1S/C19H17ClFN5O2S/c20-14-6-11(3-4-15(14)21)24-18-13-7-17(29-19(13)23-10-22-18)25-16(28)2-1-5-26-8-12(27)9-26/h1-4,6-7,10,12,27H,5,8-9H2,(H,25,28)(H,22,23,24)/b2-1+. The Kier molecular flexibility index (Phi) is 5.72. The maximum atomic E-state index is 13.3. The van der Waals surface area contributed by atoms with Crippen LogP contribution in [-0.4, -0.2) is 51.6 Å². The highest BCUT2D eigenvalue weighted by Gasteiger charge is 2.22. The van der Waals surface area contributed by atoms with E-state index in [0.29, 0.717) is 41.0 Å². The molecule has 1 aliphatic heterocycles. The van der Waals surface area contributed by atoms with Crippen LogP contribution >= 0.6 is 22.9 Å². The number of nitrogens with zero attached hydrogens (tertiary/aromatic N) is 3. The molecule has 0 spiro atoms. The molecule has 3 N–H and O–H groups in total. The van der Waals surface area contributed by atoms with Crippen molar-refractivity contribution < 1.29 is 14.3 Å². The number of benzene rings is 1. The van der Waals surface area contributed by atoms with Gasteiger partial charge in [0.2, 0.25) is 5.91 Å². The Balaban J connectivity index is 1.44. The first-order chi connectivity index (χ1) is 14.0. The van der Waals surface area contributed by atoms with Crippen LogP contribution in [-0.2, 0) is 4.79 Å². The van der Waals surface area contributed by atoms with Gasteiger partial charge in [0.1, 0.15) is 22.8 Å². The Morgan fingerprint density at radius 3 is 2.97 bits per heavy atom. The fraction of sp³-hybridized carbons (Fsp3) is 0.211. The van der Waals surface area contributed by atoms with Crippen LogP contribution in [0, 0.1) is 5.82 Å². The van der Waals surface area contributed by atoms with E-state index >= 15 is 0 Å². The number of rotatable bonds is 6. The van der Waals surface area contributed by atoms with Gasteiger partial charge in [-0.15, -0.1) is 0 Å². The van der Waals surface area contributed by atoms with Crippen molar-refractivity contribution in [3.05, 3.63) is 53.6 Å². The molecule has 0 aliphatic carbocycles. The number of anilines is 3. The lowest BCUT2D eigenvalue weighted by atomic mass is 10.2. The number of hydrogen-bond donors (Lipinski definition) is 3. The fourth-order valence-electron chi connectivity index (χ4n) is 2.89. The number of aromatic nitrogens is 2. The normalized spacial score (nSPS) is 15.0. The largest absolute Gasteiger partial charge is 0.390 e. The Hall–Kier alpha value is -2.59. The second-order valence-electron chi connectivity index (χ2n) is 6.57. The Morgan fingerprint density at radius 1 is 1.38 bits per heavy atom. The molecule has 1 amide bonds. The molecule has 3 aromatic rings. The number of carbonyl (C=O) groups is 1. The quantitative estimate of drug-likeness (QED) is 0.516. The number of aliphatic hydroxyl groups excluding tert-OH is 1. The molecule has 0 bridgehead atoms. The highest BCUT2D eigenvalue weighted by molar-refractivity contribution is 7.22. The number of likely N-dealkylation sites (tertiary alicyclic amines) is 1. The summed E-state index contributed by atoms with van der Waals surface area (Å²) in [5.74, 6) is -0.212. The third kappa shape index (κ3) is 4.70. The van der Waals surface area contributed by atoms with Crippen molar-refractivity contribution in [3.8, 4) is 0 Å². The van der Waals surface area contributed by atoms with E-state index in [0.717, 1.165) is 5.39 Å². The van der Waals surface area contributed by atoms with Crippen LogP contribution in [0.4, 0.5) is 20.9 Å². The lowest BCUT2D eigenvalue weighted by Crippen LogP contribution is -2.50. The Morgan fingerprint density at radius 2 is 2.21 bits per heavy atom. The van der Waals surface area contributed by atoms with Crippen LogP contribution in [0.3, 0.4) is 0 Å². The minimum Gasteiger partial charge on any atom is -0.390 e. The number of hydrogen-bond acceptors (Lipinski definition) is 7. The van der Waals surface area contributed by atoms with E-state index in [-0.39, 0.29) is 17.0 Å². The first kappa shape index (κ1) is 19.7. The number of nitrogens with one attached hydrogen (secondary N) is 2. The minimum absolute atomic E-state index is 0.0121. The molecule has 3 heterocycles. The zero-order valence-electron chi connectivity index (χ0n) is 15.1. The summed E-state index contributed by atoms with van der Waals surface area (Å²) in [5.41, 5.74) is 0.590. The van der Waals surface area contributed by atoms with E-state index < -0.39 is 5.82 Å². The monoisotopic (exact) mass is 433 g/mol. The molecule has 0 radical (unpaired) electrons. The summed E-state index contributed by atoms with van der Waals surface area (Å²) in [5, 5.41) is 16.5. The zero-order chi connectivity index (χ0) is 20.4. The Bertz CT molecular complexity index is 1080. The molecule has 1 fully saturated rings. The van der Waals surface area contributed by atoms with Crippen LogP contribution in [0.15, 0.2) is 42.7 Å². The number of fused-ring (bicyclic) bond motifs is 1. The summed E-state index contributed by atoms with van der Waals surface area (Å²) in [7, 11) is 0.